The van der Waals surface area contributed by atoms with E-state index in [1.54, 1.807) is 39.1 Å². The van der Waals surface area contributed by atoms with Gasteiger partial charge in [0.25, 0.3) is 0 Å². The van der Waals surface area contributed by atoms with E-state index in [9.17, 15) is 9.59 Å². The summed E-state index contributed by atoms with van der Waals surface area (Å²) in [5.74, 6) is -0.603. The number of carbonyl (C=O) groups is 1. The van der Waals surface area contributed by atoms with Crippen molar-refractivity contribution in [2.45, 2.75) is 25.8 Å². The zero-order valence-electron chi connectivity index (χ0n) is 11.2. The Labute approximate surface area is 110 Å². The summed E-state index contributed by atoms with van der Waals surface area (Å²) in [6.45, 7) is 3.60. The molecule has 6 nitrogen and oxygen atoms in total. The second kappa shape index (κ2) is 4.55. The molecule has 1 heterocycles. The number of nitrogens with one attached hydrogen (secondary N) is 1. The number of amides is 1. The van der Waals surface area contributed by atoms with Gasteiger partial charge in [-0.3, -0.25) is 9.78 Å². The number of fused-ring (bicyclic) bond motifs is 1. The van der Waals surface area contributed by atoms with Gasteiger partial charge < -0.3 is 15.1 Å². The summed E-state index contributed by atoms with van der Waals surface area (Å²) in [5, 5.41) is 0. The molecule has 1 amide bonds. The van der Waals surface area contributed by atoms with Gasteiger partial charge in [-0.1, -0.05) is 0 Å². The van der Waals surface area contributed by atoms with E-state index >= 15 is 0 Å². The normalized spacial score (nSPS) is 11.8. The van der Waals surface area contributed by atoms with Gasteiger partial charge in [0.1, 0.15) is 0 Å². The van der Waals surface area contributed by atoms with Crippen LogP contribution >= 0.6 is 0 Å². The van der Waals surface area contributed by atoms with E-state index in [1.165, 1.54) is 4.90 Å². The van der Waals surface area contributed by atoms with Crippen LogP contribution in [0.5, 0.6) is 0 Å². The molecule has 102 valence electrons. The number of rotatable bonds is 3. The lowest BCUT2D eigenvalue weighted by Gasteiger charge is -2.23. The minimum atomic E-state index is -0.559. The van der Waals surface area contributed by atoms with Gasteiger partial charge in [0.15, 0.2) is 5.58 Å². The van der Waals surface area contributed by atoms with Crippen molar-refractivity contribution in [1.29, 1.82) is 0 Å². The first-order valence-corrected chi connectivity index (χ1v) is 5.94. The molecule has 0 aliphatic carbocycles. The van der Waals surface area contributed by atoms with Crippen molar-refractivity contribution in [3.63, 3.8) is 0 Å². The Kier molecular flexibility index (Phi) is 3.20. The van der Waals surface area contributed by atoms with Gasteiger partial charge in [0.05, 0.1) is 5.52 Å². The Morgan fingerprint density at radius 2 is 2.16 bits per heavy atom. The zero-order chi connectivity index (χ0) is 14.2. The third kappa shape index (κ3) is 3.03. The van der Waals surface area contributed by atoms with Crippen molar-refractivity contribution in [3.05, 3.63) is 28.7 Å². The van der Waals surface area contributed by atoms with Crippen LogP contribution in [0.4, 0.5) is 5.69 Å². The van der Waals surface area contributed by atoms with E-state index in [0.29, 0.717) is 16.8 Å². The molecule has 0 saturated carbocycles. The smallest absolute Gasteiger partial charge is 0.408 e. The van der Waals surface area contributed by atoms with E-state index in [1.807, 2.05) is 0 Å². The predicted octanol–water partition coefficient (Wildman–Crippen LogP) is 1.21. The Morgan fingerprint density at radius 1 is 1.47 bits per heavy atom. The number of aromatic amines is 1. The van der Waals surface area contributed by atoms with Crippen molar-refractivity contribution >= 4 is 22.7 Å². The van der Waals surface area contributed by atoms with Crippen LogP contribution in [0.1, 0.15) is 20.3 Å². The molecule has 2 rings (SSSR count). The second-order valence-corrected chi connectivity index (χ2v) is 5.31. The monoisotopic (exact) mass is 263 g/mol. The molecule has 0 unspecified atom stereocenters. The molecular formula is C13H17N3O3. The molecule has 0 atom stereocenters. The third-order valence-corrected chi connectivity index (χ3v) is 2.77. The Morgan fingerprint density at radius 3 is 2.79 bits per heavy atom. The van der Waals surface area contributed by atoms with Crippen LogP contribution in [0.15, 0.2) is 27.4 Å². The summed E-state index contributed by atoms with van der Waals surface area (Å²) in [6.07, 6.45) is 0.235. The largest absolute Gasteiger partial charge is 0.417 e. The number of nitrogens with two attached hydrogens (primary N) is 1. The molecule has 1 aromatic heterocycles. The lowest BCUT2D eigenvalue weighted by atomic mass is 10.0. The maximum absolute atomic E-state index is 12.0. The predicted molar refractivity (Wildman–Crippen MR) is 73.1 cm³/mol. The number of anilines is 1. The highest BCUT2D eigenvalue weighted by Crippen LogP contribution is 2.20. The minimum Gasteiger partial charge on any atom is -0.408 e. The SMILES string of the molecule is CN(C(=O)CC(C)(C)N)c1ccc2[nH]c(=O)oc2c1. The summed E-state index contributed by atoms with van der Waals surface area (Å²) in [6, 6.07) is 5.09. The standard InChI is InChI=1S/C13H17N3O3/c1-13(2,14)7-11(17)16(3)8-4-5-9-10(6-8)19-12(18)15-9/h4-6H,7,14H2,1-3H3,(H,15,18). The summed E-state index contributed by atoms with van der Waals surface area (Å²) in [5.41, 5.74) is 6.96. The molecule has 0 bridgehead atoms. The number of aromatic nitrogens is 1. The summed E-state index contributed by atoms with van der Waals surface area (Å²) >= 11 is 0. The van der Waals surface area contributed by atoms with Gasteiger partial charge >= 0.3 is 5.76 Å². The maximum Gasteiger partial charge on any atom is 0.417 e. The van der Waals surface area contributed by atoms with E-state index in [0.717, 1.165) is 0 Å². The Hall–Kier alpha value is -2.08. The summed E-state index contributed by atoms with van der Waals surface area (Å²) in [7, 11) is 1.67. The average molecular weight is 263 g/mol. The lowest BCUT2D eigenvalue weighted by molar-refractivity contribution is -0.119. The van der Waals surface area contributed by atoms with Crippen LogP contribution in [0.2, 0.25) is 0 Å². The topological polar surface area (TPSA) is 92.3 Å². The van der Waals surface area contributed by atoms with Gasteiger partial charge in [-0.2, -0.15) is 0 Å². The van der Waals surface area contributed by atoms with Crippen molar-refractivity contribution in [1.82, 2.24) is 4.98 Å². The van der Waals surface area contributed by atoms with Gasteiger partial charge in [0, 0.05) is 30.8 Å². The molecule has 0 aliphatic rings. The van der Waals surface area contributed by atoms with Crippen LogP contribution in [-0.4, -0.2) is 23.5 Å². The molecule has 0 fully saturated rings. The molecule has 3 N–H and O–H groups in total. The van der Waals surface area contributed by atoms with Crippen LogP contribution in [-0.2, 0) is 4.79 Å². The van der Waals surface area contributed by atoms with Crippen LogP contribution in [0.3, 0.4) is 0 Å². The fraction of sp³-hybridized carbons (Fsp3) is 0.385. The van der Waals surface area contributed by atoms with Crippen molar-refractivity contribution in [3.8, 4) is 0 Å². The van der Waals surface area contributed by atoms with Crippen LogP contribution in [0, 0.1) is 0 Å². The first-order chi connectivity index (χ1) is 8.76. The molecule has 6 heteroatoms. The molecular weight excluding hydrogens is 246 g/mol. The lowest BCUT2D eigenvalue weighted by Crippen LogP contribution is -2.39. The molecule has 2 aromatic rings. The fourth-order valence-corrected chi connectivity index (χ4v) is 1.80. The second-order valence-electron chi connectivity index (χ2n) is 5.31. The van der Waals surface area contributed by atoms with Gasteiger partial charge in [-0.25, -0.2) is 4.79 Å². The minimum absolute atomic E-state index is 0.0928. The highest BCUT2D eigenvalue weighted by molar-refractivity contribution is 5.95. The highest BCUT2D eigenvalue weighted by atomic mass is 16.4. The number of benzene rings is 1. The van der Waals surface area contributed by atoms with Crippen molar-refractivity contribution < 1.29 is 9.21 Å². The number of hydrogen-bond donors (Lipinski definition) is 2. The molecule has 0 radical (unpaired) electrons. The third-order valence-electron chi connectivity index (χ3n) is 2.77. The summed E-state index contributed by atoms with van der Waals surface area (Å²) in [4.78, 5) is 27.2. The highest BCUT2D eigenvalue weighted by Gasteiger charge is 2.20. The van der Waals surface area contributed by atoms with Gasteiger partial charge in [-0.15, -0.1) is 0 Å². The van der Waals surface area contributed by atoms with Crippen molar-refractivity contribution in [2.24, 2.45) is 5.73 Å². The van der Waals surface area contributed by atoms with Crippen LogP contribution < -0.4 is 16.4 Å². The van der Waals surface area contributed by atoms with E-state index in [4.69, 9.17) is 10.2 Å². The fourth-order valence-electron chi connectivity index (χ4n) is 1.80. The molecule has 0 saturated heterocycles. The number of hydrogen-bond acceptors (Lipinski definition) is 4. The first kappa shape index (κ1) is 13.4. The number of carbonyl (C=O) groups excluding carboxylic acids is 1. The van der Waals surface area contributed by atoms with E-state index < -0.39 is 11.3 Å². The van der Waals surface area contributed by atoms with Crippen molar-refractivity contribution in [2.75, 3.05) is 11.9 Å². The quantitative estimate of drug-likeness (QED) is 0.870. The summed E-state index contributed by atoms with van der Waals surface area (Å²) < 4.78 is 4.97. The Bertz CT molecular complexity index is 664. The first-order valence-electron chi connectivity index (χ1n) is 5.94. The zero-order valence-corrected chi connectivity index (χ0v) is 11.2. The van der Waals surface area contributed by atoms with E-state index in [2.05, 4.69) is 4.98 Å². The number of oxazole rings is 1. The van der Waals surface area contributed by atoms with Gasteiger partial charge in [-0.05, 0) is 26.0 Å². The molecule has 0 aliphatic heterocycles. The number of H-pyrrole nitrogens is 1. The Balaban J connectivity index is 2.28. The average Bonchev–Trinajstić information content (AvgIpc) is 2.64. The molecule has 0 spiro atoms. The molecule has 19 heavy (non-hydrogen) atoms. The van der Waals surface area contributed by atoms with Gasteiger partial charge in [0.2, 0.25) is 5.91 Å². The van der Waals surface area contributed by atoms with E-state index in [-0.39, 0.29) is 12.3 Å². The maximum atomic E-state index is 12.0. The molecule has 1 aromatic carbocycles. The number of nitrogens with zero attached hydrogens (tertiary/aromatic N) is 1. The van der Waals surface area contributed by atoms with Crippen LogP contribution in [0.25, 0.3) is 11.1 Å².